The summed E-state index contributed by atoms with van der Waals surface area (Å²) in [6.07, 6.45) is 2.90. The Hall–Kier alpha value is -3.48. The van der Waals surface area contributed by atoms with E-state index in [4.69, 9.17) is 18.9 Å². The second-order valence-corrected chi connectivity index (χ2v) is 7.41. The lowest BCUT2D eigenvalue weighted by molar-refractivity contribution is -0.144. The molecule has 164 valence electrons. The summed E-state index contributed by atoms with van der Waals surface area (Å²) in [4.78, 5) is 24.3. The first kappa shape index (κ1) is 22.2. The second-order valence-electron chi connectivity index (χ2n) is 7.41. The summed E-state index contributed by atoms with van der Waals surface area (Å²) >= 11 is 0. The first-order chi connectivity index (χ1) is 15.0. The fourth-order valence-corrected chi connectivity index (χ4v) is 3.17. The number of fused-ring (bicyclic) bond motifs is 1. The van der Waals surface area contributed by atoms with Gasteiger partial charge in [-0.15, -0.1) is 0 Å². The maximum absolute atomic E-state index is 12.4. The monoisotopic (exact) mass is 425 g/mol. The first-order valence-electron chi connectivity index (χ1n) is 10.1. The molecule has 1 atom stereocenters. The summed E-state index contributed by atoms with van der Waals surface area (Å²) in [6.45, 7) is 4.67. The lowest BCUT2D eigenvalue weighted by atomic mass is 9.95. The van der Waals surface area contributed by atoms with Crippen LogP contribution in [-0.4, -0.2) is 38.8 Å². The van der Waals surface area contributed by atoms with Crippen LogP contribution in [0.3, 0.4) is 0 Å². The second kappa shape index (κ2) is 10.5. The van der Waals surface area contributed by atoms with Crippen molar-refractivity contribution in [1.82, 2.24) is 5.32 Å². The molecule has 0 fully saturated rings. The molecule has 1 N–H and O–H groups in total. The summed E-state index contributed by atoms with van der Waals surface area (Å²) in [5.74, 6) is 1.25. The van der Waals surface area contributed by atoms with Crippen molar-refractivity contribution in [2.24, 2.45) is 5.92 Å². The highest BCUT2D eigenvalue weighted by atomic mass is 16.6. The van der Waals surface area contributed by atoms with Crippen molar-refractivity contribution >= 4 is 18.0 Å². The van der Waals surface area contributed by atoms with Gasteiger partial charge in [-0.3, -0.25) is 4.79 Å². The highest BCUT2D eigenvalue weighted by Crippen LogP contribution is 2.34. The number of esters is 1. The van der Waals surface area contributed by atoms with Crippen LogP contribution in [0.15, 0.2) is 48.5 Å². The van der Waals surface area contributed by atoms with E-state index < -0.39 is 5.97 Å². The van der Waals surface area contributed by atoms with E-state index in [1.807, 2.05) is 44.2 Å². The van der Waals surface area contributed by atoms with E-state index in [1.165, 1.54) is 6.08 Å². The van der Waals surface area contributed by atoms with Crippen molar-refractivity contribution in [2.75, 3.05) is 26.9 Å². The van der Waals surface area contributed by atoms with Gasteiger partial charge in [-0.25, -0.2) is 4.79 Å². The summed E-state index contributed by atoms with van der Waals surface area (Å²) < 4.78 is 21.3. The third-order valence-corrected chi connectivity index (χ3v) is 4.78. The normalized spacial score (nSPS) is 13.7. The molecular weight excluding hydrogens is 398 g/mol. The summed E-state index contributed by atoms with van der Waals surface area (Å²) in [6, 6.07) is 12.6. The van der Waals surface area contributed by atoms with Crippen LogP contribution < -0.4 is 19.5 Å². The van der Waals surface area contributed by atoms with Crippen molar-refractivity contribution in [2.45, 2.75) is 19.9 Å². The molecule has 1 aliphatic heterocycles. The van der Waals surface area contributed by atoms with Crippen molar-refractivity contribution in [3.63, 3.8) is 0 Å². The van der Waals surface area contributed by atoms with Gasteiger partial charge in [-0.1, -0.05) is 32.0 Å². The van der Waals surface area contributed by atoms with E-state index in [0.29, 0.717) is 24.7 Å². The van der Waals surface area contributed by atoms with E-state index in [1.54, 1.807) is 25.3 Å². The number of amides is 1. The number of benzene rings is 2. The molecule has 1 amide bonds. The molecule has 2 aromatic carbocycles. The van der Waals surface area contributed by atoms with Gasteiger partial charge in [0.05, 0.1) is 13.2 Å². The highest BCUT2D eigenvalue weighted by molar-refractivity contribution is 5.89. The van der Waals surface area contributed by atoms with Crippen molar-refractivity contribution < 1.29 is 28.5 Å². The minimum Gasteiger partial charge on any atom is -0.497 e. The summed E-state index contributed by atoms with van der Waals surface area (Å²) in [7, 11) is 1.59. The molecule has 1 heterocycles. The molecule has 0 unspecified atom stereocenters. The lowest BCUT2D eigenvalue weighted by Gasteiger charge is -2.25. The minimum atomic E-state index is -0.591. The molecule has 0 saturated carbocycles. The maximum Gasteiger partial charge on any atom is 0.331 e. The smallest absolute Gasteiger partial charge is 0.331 e. The molecule has 0 bridgehead atoms. The Kier molecular flexibility index (Phi) is 7.54. The van der Waals surface area contributed by atoms with E-state index in [-0.39, 0.29) is 24.5 Å². The lowest BCUT2D eigenvalue weighted by Crippen LogP contribution is -2.35. The molecule has 31 heavy (non-hydrogen) atoms. The first-order valence-corrected chi connectivity index (χ1v) is 10.1. The minimum absolute atomic E-state index is 0.122. The van der Waals surface area contributed by atoms with Crippen LogP contribution in [0.5, 0.6) is 17.2 Å². The molecular formula is C24H27NO6. The predicted octanol–water partition coefficient (Wildman–Crippen LogP) is 3.54. The van der Waals surface area contributed by atoms with Gasteiger partial charge in [0.15, 0.2) is 18.1 Å². The van der Waals surface area contributed by atoms with E-state index in [9.17, 15) is 9.59 Å². The predicted molar refractivity (Wildman–Crippen MR) is 116 cm³/mol. The molecule has 0 saturated heterocycles. The summed E-state index contributed by atoms with van der Waals surface area (Å²) in [5, 5.41) is 2.93. The Morgan fingerprint density at radius 2 is 1.77 bits per heavy atom. The number of methoxy groups -OCH3 is 1. The zero-order valence-electron chi connectivity index (χ0n) is 17.9. The Labute approximate surface area is 181 Å². The van der Waals surface area contributed by atoms with Crippen LogP contribution >= 0.6 is 0 Å². The third-order valence-electron chi connectivity index (χ3n) is 4.78. The van der Waals surface area contributed by atoms with Crippen LogP contribution in [0, 0.1) is 5.92 Å². The van der Waals surface area contributed by atoms with Gasteiger partial charge < -0.3 is 24.3 Å². The van der Waals surface area contributed by atoms with Gasteiger partial charge in [0, 0.05) is 6.08 Å². The van der Waals surface area contributed by atoms with Gasteiger partial charge in [0.1, 0.15) is 19.0 Å². The van der Waals surface area contributed by atoms with Gasteiger partial charge in [-0.05, 0) is 47.4 Å². The number of rotatable bonds is 8. The van der Waals surface area contributed by atoms with Crippen LogP contribution in [0.2, 0.25) is 0 Å². The molecule has 7 heteroatoms. The largest absolute Gasteiger partial charge is 0.497 e. The van der Waals surface area contributed by atoms with Gasteiger partial charge >= 0.3 is 5.97 Å². The van der Waals surface area contributed by atoms with Gasteiger partial charge in [-0.2, -0.15) is 0 Å². The number of hydrogen-bond acceptors (Lipinski definition) is 6. The molecule has 1 aliphatic rings. The van der Waals surface area contributed by atoms with Crippen molar-refractivity contribution in [3.8, 4) is 17.2 Å². The Balaban J connectivity index is 1.54. The van der Waals surface area contributed by atoms with Gasteiger partial charge in [0.2, 0.25) is 0 Å². The quantitative estimate of drug-likeness (QED) is 0.515. The fourth-order valence-electron chi connectivity index (χ4n) is 3.17. The number of hydrogen-bond donors (Lipinski definition) is 1. The topological polar surface area (TPSA) is 83.1 Å². The SMILES string of the molecule is COc1ccc(/C=C/C(=O)OCC(=O)N[C@@H](c2ccc3c(c2)OCCO3)C(C)C)cc1. The molecule has 0 aliphatic carbocycles. The molecule has 3 rings (SSSR count). The molecule has 0 spiro atoms. The zero-order chi connectivity index (χ0) is 22.2. The molecule has 0 aromatic heterocycles. The standard InChI is InChI=1S/C24H27NO6/c1-16(2)24(18-7-10-20-21(14-18)30-13-12-29-20)25-22(26)15-31-23(27)11-6-17-4-8-19(28-3)9-5-17/h4-11,14,16,24H,12-13,15H2,1-3H3,(H,25,26)/b11-6+/t24-/m1/s1. The third kappa shape index (κ3) is 6.25. The van der Waals surface area contributed by atoms with E-state index in [2.05, 4.69) is 5.32 Å². The maximum atomic E-state index is 12.4. The highest BCUT2D eigenvalue weighted by Gasteiger charge is 2.21. The van der Waals surface area contributed by atoms with Crippen LogP contribution in [-0.2, 0) is 14.3 Å². The van der Waals surface area contributed by atoms with Crippen LogP contribution in [0.1, 0.15) is 31.0 Å². The number of nitrogens with one attached hydrogen (secondary N) is 1. The zero-order valence-corrected chi connectivity index (χ0v) is 17.9. The number of carbonyl (C=O) groups excluding carboxylic acids is 2. The molecule has 2 aromatic rings. The summed E-state index contributed by atoms with van der Waals surface area (Å²) in [5.41, 5.74) is 1.72. The van der Waals surface area contributed by atoms with Gasteiger partial charge in [0.25, 0.3) is 5.91 Å². The molecule has 7 nitrogen and oxygen atoms in total. The van der Waals surface area contributed by atoms with Crippen LogP contribution in [0.25, 0.3) is 6.08 Å². The Morgan fingerprint density at radius 3 is 2.45 bits per heavy atom. The Bertz CT molecular complexity index is 936. The van der Waals surface area contributed by atoms with Crippen LogP contribution in [0.4, 0.5) is 0 Å². The van der Waals surface area contributed by atoms with Crippen molar-refractivity contribution in [1.29, 1.82) is 0 Å². The van der Waals surface area contributed by atoms with E-state index in [0.717, 1.165) is 16.9 Å². The number of carbonyl (C=O) groups is 2. The number of ether oxygens (including phenoxy) is 4. The molecule has 0 radical (unpaired) electrons. The Morgan fingerprint density at radius 1 is 1.06 bits per heavy atom. The van der Waals surface area contributed by atoms with E-state index >= 15 is 0 Å². The fraction of sp³-hybridized carbons (Fsp3) is 0.333. The average Bonchev–Trinajstić information content (AvgIpc) is 2.79. The average molecular weight is 425 g/mol. The van der Waals surface area contributed by atoms with Crippen molar-refractivity contribution in [3.05, 3.63) is 59.7 Å².